The summed E-state index contributed by atoms with van der Waals surface area (Å²) < 4.78 is 5.59. The molecule has 1 aliphatic carbocycles. The molecule has 6 heteroatoms. The Hall–Kier alpha value is -1.74. The van der Waals surface area contributed by atoms with Gasteiger partial charge in [0.2, 0.25) is 0 Å². The molecule has 3 rings (SSSR count). The van der Waals surface area contributed by atoms with E-state index in [1.807, 2.05) is 25.7 Å². The second-order valence-electron chi connectivity index (χ2n) is 8.88. The third kappa shape index (κ3) is 3.84. The second kappa shape index (κ2) is 5.66. The van der Waals surface area contributed by atoms with Gasteiger partial charge >= 0.3 is 6.09 Å². The van der Waals surface area contributed by atoms with Crippen LogP contribution in [0.4, 0.5) is 4.79 Å². The van der Waals surface area contributed by atoms with Gasteiger partial charge in [-0.3, -0.25) is 4.90 Å². The molecule has 0 aromatic carbocycles. The van der Waals surface area contributed by atoms with Gasteiger partial charge in [0.05, 0.1) is 12.2 Å². The Morgan fingerprint density at radius 2 is 2.08 bits per heavy atom. The Morgan fingerprint density at radius 3 is 2.71 bits per heavy atom. The van der Waals surface area contributed by atoms with Crippen LogP contribution < -0.4 is 0 Å². The van der Waals surface area contributed by atoms with Crippen molar-refractivity contribution in [2.75, 3.05) is 0 Å². The SMILES string of the molecule is CC(C)(C)OC(=O)N1[C@@H]2CC2C[C@H]1c1ncc(C#C[Si](C)(C)C)[nH]1. The minimum Gasteiger partial charge on any atom is -0.444 e. The summed E-state index contributed by atoms with van der Waals surface area (Å²) in [5.41, 5.74) is 3.69. The van der Waals surface area contributed by atoms with Gasteiger partial charge in [-0.05, 0) is 39.5 Å². The lowest BCUT2D eigenvalue weighted by molar-refractivity contribution is 0.0175. The Morgan fingerprint density at radius 1 is 1.38 bits per heavy atom. The van der Waals surface area contributed by atoms with Crippen LogP contribution >= 0.6 is 0 Å². The highest BCUT2D eigenvalue weighted by molar-refractivity contribution is 6.83. The van der Waals surface area contributed by atoms with E-state index >= 15 is 0 Å². The van der Waals surface area contributed by atoms with Crippen molar-refractivity contribution >= 4 is 14.2 Å². The average molecular weight is 346 g/mol. The molecule has 0 spiro atoms. The van der Waals surface area contributed by atoms with E-state index < -0.39 is 13.7 Å². The van der Waals surface area contributed by atoms with Crippen LogP contribution in [0.25, 0.3) is 0 Å². The first-order chi connectivity index (χ1) is 11.0. The summed E-state index contributed by atoms with van der Waals surface area (Å²) in [7, 11) is -1.42. The highest BCUT2D eigenvalue weighted by atomic mass is 28.3. The third-order valence-electron chi connectivity index (χ3n) is 4.19. The molecule has 2 aliphatic rings. The van der Waals surface area contributed by atoms with Gasteiger partial charge in [0, 0.05) is 6.04 Å². The molecule has 0 radical (unpaired) electrons. The van der Waals surface area contributed by atoms with Crippen molar-refractivity contribution in [3.8, 4) is 11.5 Å². The topological polar surface area (TPSA) is 58.2 Å². The number of aromatic amines is 1. The van der Waals surface area contributed by atoms with E-state index in [0.29, 0.717) is 12.0 Å². The fourth-order valence-corrected chi connectivity index (χ4v) is 3.61. The molecule has 2 heterocycles. The number of fused-ring (bicyclic) bond motifs is 1. The molecule has 1 aromatic heterocycles. The number of carbonyl (C=O) groups is 1. The predicted octanol–water partition coefficient (Wildman–Crippen LogP) is 3.71. The van der Waals surface area contributed by atoms with Gasteiger partial charge in [0.15, 0.2) is 0 Å². The number of nitrogens with zero attached hydrogens (tertiary/aromatic N) is 2. The molecule has 130 valence electrons. The highest BCUT2D eigenvalue weighted by Gasteiger charge is 2.56. The van der Waals surface area contributed by atoms with Gasteiger partial charge in [0.1, 0.15) is 25.2 Å². The maximum atomic E-state index is 12.6. The lowest BCUT2D eigenvalue weighted by Gasteiger charge is -2.29. The number of nitrogens with one attached hydrogen (secondary N) is 1. The van der Waals surface area contributed by atoms with Gasteiger partial charge in [0.25, 0.3) is 0 Å². The first kappa shape index (κ1) is 17.1. The number of H-pyrrole nitrogens is 1. The summed E-state index contributed by atoms with van der Waals surface area (Å²) in [6, 6.07) is 0.289. The van der Waals surface area contributed by atoms with Crippen molar-refractivity contribution in [1.29, 1.82) is 0 Å². The lowest BCUT2D eigenvalue weighted by Crippen LogP contribution is -2.38. The number of amides is 1. The van der Waals surface area contributed by atoms with E-state index in [1.54, 1.807) is 6.20 Å². The molecule has 1 aliphatic heterocycles. The summed E-state index contributed by atoms with van der Waals surface area (Å²) in [6.07, 6.45) is 3.58. The standard InChI is InChI=1S/C18H27N3O2Si/c1-18(2,3)23-17(22)21-14-9-12(14)10-15(21)16-19-11-13(20-16)7-8-24(4,5)6/h11-12,14-15H,9-10H2,1-6H3,(H,19,20)/t12?,14-,15+/m1/s1. The van der Waals surface area contributed by atoms with Crippen molar-refractivity contribution in [2.24, 2.45) is 5.92 Å². The Balaban J connectivity index is 1.77. The number of likely N-dealkylation sites (tertiary alicyclic amines) is 1. The molecular weight excluding hydrogens is 318 g/mol. The first-order valence-electron chi connectivity index (χ1n) is 8.63. The lowest BCUT2D eigenvalue weighted by atomic mass is 10.1. The normalized spacial score (nSPS) is 25.8. The largest absolute Gasteiger partial charge is 0.444 e. The van der Waals surface area contributed by atoms with Crippen molar-refractivity contribution in [3.63, 3.8) is 0 Å². The van der Waals surface area contributed by atoms with Crippen LogP contribution in [0.2, 0.25) is 19.6 Å². The molecule has 1 saturated heterocycles. The fraction of sp³-hybridized carbons (Fsp3) is 0.667. The molecule has 1 unspecified atom stereocenters. The van der Waals surface area contributed by atoms with E-state index in [2.05, 4.69) is 41.1 Å². The van der Waals surface area contributed by atoms with E-state index in [0.717, 1.165) is 24.4 Å². The molecule has 1 saturated carbocycles. The van der Waals surface area contributed by atoms with E-state index in [9.17, 15) is 4.79 Å². The zero-order chi connectivity index (χ0) is 17.7. The Labute approximate surface area is 145 Å². The van der Waals surface area contributed by atoms with Crippen LogP contribution in [0, 0.1) is 17.4 Å². The van der Waals surface area contributed by atoms with Crippen LogP contribution in [0.15, 0.2) is 6.20 Å². The highest BCUT2D eigenvalue weighted by Crippen LogP contribution is 2.53. The van der Waals surface area contributed by atoms with Gasteiger partial charge in [-0.25, -0.2) is 9.78 Å². The zero-order valence-electron chi connectivity index (χ0n) is 15.4. The van der Waals surface area contributed by atoms with Crippen molar-refractivity contribution < 1.29 is 9.53 Å². The number of aromatic nitrogens is 2. The summed E-state index contributed by atoms with van der Waals surface area (Å²) in [6.45, 7) is 12.3. The maximum absolute atomic E-state index is 12.6. The molecule has 2 fully saturated rings. The van der Waals surface area contributed by atoms with Crippen molar-refractivity contribution in [3.05, 3.63) is 17.7 Å². The number of carbonyl (C=O) groups excluding carboxylic acids is 1. The second-order valence-corrected chi connectivity index (χ2v) is 13.6. The predicted molar refractivity (Wildman–Crippen MR) is 96.1 cm³/mol. The van der Waals surface area contributed by atoms with Crippen molar-refractivity contribution in [1.82, 2.24) is 14.9 Å². The van der Waals surface area contributed by atoms with Gasteiger partial charge < -0.3 is 9.72 Å². The number of hydrogen-bond donors (Lipinski definition) is 1. The quantitative estimate of drug-likeness (QED) is 0.623. The summed E-state index contributed by atoms with van der Waals surface area (Å²) in [5.74, 6) is 4.61. The molecule has 1 N–H and O–H groups in total. The number of piperidine rings is 1. The molecule has 0 bridgehead atoms. The molecular formula is C18H27N3O2Si. The van der Waals surface area contributed by atoms with Crippen LogP contribution in [0.3, 0.4) is 0 Å². The van der Waals surface area contributed by atoms with Gasteiger partial charge in [-0.2, -0.15) is 0 Å². The van der Waals surface area contributed by atoms with Crippen LogP contribution in [0.1, 0.15) is 51.2 Å². The number of hydrogen-bond acceptors (Lipinski definition) is 3. The monoisotopic (exact) mass is 345 g/mol. The van der Waals surface area contributed by atoms with E-state index in [4.69, 9.17) is 4.74 Å². The number of imidazole rings is 1. The zero-order valence-corrected chi connectivity index (χ0v) is 16.4. The van der Waals surface area contributed by atoms with E-state index in [-0.39, 0.29) is 12.1 Å². The summed E-state index contributed by atoms with van der Waals surface area (Å²) >= 11 is 0. The molecule has 24 heavy (non-hydrogen) atoms. The smallest absolute Gasteiger partial charge is 0.411 e. The molecule has 1 aromatic rings. The minimum atomic E-state index is -1.42. The van der Waals surface area contributed by atoms with E-state index in [1.165, 1.54) is 0 Å². The van der Waals surface area contributed by atoms with Crippen molar-refractivity contribution in [2.45, 2.75) is 70.9 Å². The average Bonchev–Trinajstić information content (AvgIpc) is 2.88. The van der Waals surface area contributed by atoms with Gasteiger partial charge in [-0.1, -0.05) is 25.6 Å². The fourth-order valence-electron chi connectivity index (χ4n) is 3.10. The number of ether oxygens (including phenoxy) is 1. The van der Waals surface area contributed by atoms with Crippen LogP contribution in [0.5, 0.6) is 0 Å². The Kier molecular flexibility index (Phi) is 4.03. The molecule has 1 amide bonds. The number of rotatable bonds is 1. The summed E-state index contributed by atoms with van der Waals surface area (Å²) in [4.78, 5) is 22.3. The van der Waals surface area contributed by atoms with Crippen LogP contribution in [-0.2, 0) is 4.74 Å². The Bertz CT molecular complexity index is 702. The third-order valence-corrected chi connectivity index (χ3v) is 5.07. The van der Waals surface area contributed by atoms with Crippen LogP contribution in [-0.4, -0.2) is 40.7 Å². The first-order valence-corrected chi connectivity index (χ1v) is 12.1. The molecule has 3 atom stereocenters. The minimum absolute atomic E-state index is 0.0222. The molecule has 5 nitrogen and oxygen atoms in total. The maximum Gasteiger partial charge on any atom is 0.411 e. The van der Waals surface area contributed by atoms with Gasteiger partial charge in [-0.15, -0.1) is 5.54 Å². The summed E-state index contributed by atoms with van der Waals surface area (Å²) in [5, 5.41) is 0.